The van der Waals surface area contributed by atoms with E-state index >= 15 is 0 Å². The molecule has 0 amide bonds. The molecule has 3 rings (SSSR count). The van der Waals surface area contributed by atoms with Crippen molar-refractivity contribution in [1.82, 2.24) is 0 Å². The van der Waals surface area contributed by atoms with Crippen molar-refractivity contribution in [1.29, 1.82) is 0 Å². The lowest BCUT2D eigenvalue weighted by molar-refractivity contribution is -0.105. The molecule has 1 aliphatic carbocycles. The highest BCUT2D eigenvalue weighted by Gasteiger charge is 2.31. The molecular weight excluding hydrogens is 252 g/mol. The minimum absolute atomic E-state index is 0.104. The number of ether oxygens (including phenoxy) is 2. The molecule has 1 saturated carbocycles. The first-order valence-electron chi connectivity index (χ1n) is 7.87. The Bertz CT molecular complexity index is 414. The van der Waals surface area contributed by atoms with Gasteiger partial charge in [-0.3, -0.25) is 0 Å². The van der Waals surface area contributed by atoms with E-state index in [4.69, 9.17) is 9.47 Å². The third-order valence-corrected chi connectivity index (χ3v) is 4.48. The molecule has 3 nitrogen and oxygen atoms in total. The normalized spacial score (nSPS) is 26.1. The maximum Gasteiger partial charge on any atom is 0.199 e. The van der Waals surface area contributed by atoms with E-state index in [2.05, 4.69) is 0 Å². The average molecular weight is 276 g/mol. The van der Waals surface area contributed by atoms with Gasteiger partial charge in [-0.2, -0.15) is 0 Å². The molecule has 1 aliphatic heterocycles. The van der Waals surface area contributed by atoms with Gasteiger partial charge < -0.3 is 14.6 Å². The SMILES string of the molecule is OC1(c2ccc(OC3CCCCO3)cc2)CCCCC1. The maximum atomic E-state index is 10.7. The lowest BCUT2D eigenvalue weighted by Crippen LogP contribution is -2.28. The first-order valence-corrected chi connectivity index (χ1v) is 7.87. The van der Waals surface area contributed by atoms with Gasteiger partial charge >= 0.3 is 0 Å². The molecule has 0 aromatic heterocycles. The number of rotatable bonds is 3. The monoisotopic (exact) mass is 276 g/mol. The average Bonchev–Trinajstić information content (AvgIpc) is 2.50. The minimum atomic E-state index is -0.627. The molecule has 1 saturated heterocycles. The summed E-state index contributed by atoms with van der Waals surface area (Å²) in [4.78, 5) is 0. The van der Waals surface area contributed by atoms with E-state index in [1.165, 1.54) is 12.8 Å². The largest absolute Gasteiger partial charge is 0.465 e. The second-order valence-corrected chi connectivity index (χ2v) is 6.03. The predicted molar refractivity (Wildman–Crippen MR) is 77.6 cm³/mol. The molecule has 0 bridgehead atoms. The summed E-state index contributed by atoms with van der Waals surface area (Å²) in [6, 6.07) is 7.92. The summed E-state index contributed by atoms with van der Waals surface area (Å²) in [6.45, 7) is 0.794. The van der Waals surface area contributed by atoms with Crippen LogP contribution < -0.4 is 4.74 Å². The molecule has 20 heavy (non-hydrogen) atoms. The zero-order chi connectivity index (χ0) is 13.8. The second-order valence-electron chi connectivity index (χ2n) is 6.03. The summed E-state index contributed by atoms with van der Waals surface area (Å²) in [5, 5.41) is 10.7. The van der Waals surface area contributed by atoms with Crippen LogP contribution in [0.15, 0.2) is 24.3 Å². The molecule has 2 aliphatic rings. The fraction of sp³-hybridized carbons (Fsp3) is 0.647. The summed E-state index contributed by atoms with van der Waals surface area (Å²) in [5.74, 6) is 0.833. The summed E-state index contributed by atoms with van der Waals surface area (Å²) in [6.07, 6.45) is 8.38. The van der Waals surface area contributed by atoms with Crippen molar-refractivity contribution in [2.75, 3.05) is 6.61 Å². The lowest BCUT2D eigenvalue weighted by Gasteiger charge is -2.32. The van der Waals surface area contributed by atoms with Gasteiger partial charge in [0.2, 0.25) is 0 Å². The van der Waals surface area contributed by atoms with Gasteiger partial charge in [-0.25, -0.2) is 0 Å². The van der Waals surface area contributed by atoms with E-state index < -0.39 is 5.60 Å². The summed E-state index contributed by atoms with van der Waals surface area (Å²) in [5.41, 5.74) is 0.395. The molecule has 1 aromatic rings. The Morgan fingerprint density at radius 2 is 1.75 bits per heavy atom. The molecule has 2 fully saturated rings. The fourth-order valence-electron chi connectivity index (χ4n) is 3.22. The standard InChI is InChI=1S/C17H24O3/c18-17(11-3-1-4-12-17)14-7-9-15(10-8-14)20-16-6-2-5-13-19-16/h7-10,16,18H,1-6,11-13H2. The van der Waals surface area contributed by atoms with Gasteiger partial charge in [0, 0.05) is 6.42 Å². The fourth-order valence-corrected chi connectivity index (χ4v) is 3.22. The van der Waals surface area contributed by atoms with Crippen LogP contribution in [0, 0.1) is 0 Å². The third kappa shape index (κ3) is 3.15. The van der Waals surface area contributed by atoms with Crippen molar-refractivity contribution in [3.05, 3.63) is 29.8 Å². The zero-order valence-electron chi connectivity index (χ0n) is 12.0. The van der Waals surface area contributed by atoms with Crippen molar-refractivity contribution in [3.63, 3.8) is 0 Å². The molecule has 3 heteroatoms. The van der Waals surface area contributed by atoms with Crippen LogP contribution in [-0.4, -0.2) is 18.0 Å². The zero-order valence-corrected chi connectivity index (χ0v) is 12.0. The molecule has 110 valence electrons. The third-order valence-electron chi connectivity index (χ3n) is 4.48. The van der Waals surface area contributed by atoms with E-state index in [0.717, 1.165) is 56.4 Å². The molecular formula is C17H24O3. The van der Waals surface area contributed by atoms with Gasteiger partial charge in [0.05, 0.1) is 12.2 Å². The van der Waals surface area contributed by atoms with E-state index in [1.54, 1.807) is 0 Å². The first kappa shape index (κ1) is 13.9. The van der Waals surface area contributed by atoms with Crippen molar-refractivity contribution >= 4 is 0 Å². The molecule has 1 atom stereocenters. The van der Waals surface area contributed by atoms with E-state index in [-0.39, 0.29) is 6.29 Å². The van der Waals surface area contributed by atoms with Crippen molar-refractivity contribution in [2.24, 2.45) is 0 Å². The van der Waals surface area contributed by atoms with E-state index in [0.29, 0.717) is 0 Å². The van der Waals surface area contributed by atoms with Crippen molar-refractivity contribution in [3.8, 4) is 5.75 Å². The van der Waals surface area contributed by atoms with Gasteiger partial charge in [-0.15, -0.1) is 0 Å². The molecule has 1 aromatic carbocycles. The Morgan fingerprint density at radius 1 is 1.00 bits per heavy atom. The van der Waals surface area contributed by atoms with Crippen LogP contribution in [0.2, 0.25) is 0 Å². The minimum Gasteiger partial charge on any atom is -0.465 e. The molecule has 0 radical (unpaired) electrons. The lowest BCUT2D eigenvalue weighted by atomic mass is 9.80. The highest BCUT2D eigenvalue weighted by molar-refractivity contribution is 5.31. The van der Waals surface area contributed by atoms with Crippen LogP contribution in [0.3, 0.4) is 0 Å². The maximum absolute atomic E-state index is 10.7. The van der Waals surface area contributed by atoms with Crippen molar-refractivity contribution < 1.29 is 14.6 Å². The topological polar surface area (TPSA) is 38.7 Å². The van der Waals surface area contributed by atoms with E-state index in [1.807, 2.05) is 24.3 Å². The van der Waals surface area contributed by atoms with Gasteiger partial charge in [0.15, 0.2) is 6.29 Å². The van der Waals surface area contributed by atoms with E-state index in [9.17, 15) is 5.11 Å². The summed E-state index contributed by atoms with van der Waals surface area (Å²) < 4.78 is 11.4. The molecule has 1 unspecified atom stereocenters. The Hall–Kier alpha value is -1.06. The Balaban J connectivity index is 1.64. The summed E-state index contributed by atoms with van der Waals surface area (Å²) in [7, 11) is 0. The number of hydrogen-bond acceptors (Lipinski definition) is 3. The number of hydrogen-bond donors (Lipinski definition) is 1. The Kier molecular flexibility index (Phi) is 4.27. The highest BCUT2D eigenvalue weighted by Crippen LogP contribution is 2.37. The van der Waals surface area contributed by atoms with Crippen LogP contribution in [0.1, 0.15) is 56.9 Å². The highest BCUT2D eigenvalue weighted by atomic mass is 16.7. The van der Waals surface area contributed by atoms with Crippen LogP contribution in [0.4, 0.5) is 0 Å². The van der Waals surface area contributed by atoms with Gasteiger partial charge in [-0.05, 0) is 43.4 Å². The van der Waals surface area contributed by atoms with Crippen LogP contribution >= 0.6 is 0 Å². The van der Waals surface area contributed by atoms with Gasteiger partial charge in [0.1, 0.15) is 5.75 Å². The second kappa shape index (κ2) is 6.15. The molecule has 0 spiro atoms. The van der Waals surface area contributed by atoms with Gasteiger partial charge in [0.25, 0.3) is 0 Å². The molecule has 1 N–H and O–H groups in total. The molecule has 1 heterocycles. The first-order chi connectivity index (χ1) is 9.76. The quantitative estimate of drug-likeness (QED) is 0.914. The summed E-state index contributed by atoms with van der Waals surface area (Å²) >= 11 is 0. The Labute approximate surface area is 120 Å². The predicted octanol–water partition coefficient (Wildman–Crippen LogP) is 3.74. The smallest absolute Gasteiger partial charge is 0.199 e. The Morgan fingerprint density at radius 3 is 2.40 bits per heavy atom. The number of aliphatic hydroxyl groups is 1. The van der Waals surface area contributed by atoms with Gasteiger partial charge in [-0.1, -0.05) is 31.4 Å². The van der Waals surface area contributed by atoms with Crippen LogP contribution in [0.5, 0.6) is 5.75 Å². The van der Waals surface area contributed by atoms with Crippen molar-refractivity contribution in [2.45, 2.75) is 63.3 Å². The van der Waals surface area contributed by atoms with Crippen LogP contribution in [0.25, 0.3) is 0 Å². The number of benzene rings is 1. The van der Waals surface area contributed by atoms with Crippen LogP contribution in [-0.2, 0) is 10.3 Å².